The highest BCUT2D eigenvalue weighted by Crippen LogP contribution is 2.50. The van der Waals surface area contributed by atoms with Gasteiger partial charge in [-0.3, -0.25) is 0 Å². The number of aromatic nitrogens is 1. The van der Waals surface area contributed by atoms with Crippen molar-refractivity contribution >= 4 is 16.5 Å². The van der Waals surface area contributed by atoms with Crippen LogP contribution in [0.15, 0.2) is 91.1 Å². The third-order valence-corrected chi connectivity index (χ3v) is 6.11. The van der Waals surface area contributed by atoms with E-state index in [1.165, 1.54) is 38.7 Å². The van der Waals surface area contributed by atoms with E-state index in [2.05, 4.69) is 110 Å². The summed E-state index contributed by atoms with van der Waals surface area (Å²) in [5.41, 5.74) is 8.02. The van der Waals surface area contributed by atoms with Crippen LogP contribution < -0.4 is 0 Å². The molecule has 0 saturated carbocycles. The van der Waals surface area contributed by atoms with Crippen LogP contribution in [0.2, 0.25) is 0 Å². The summed E-state index contributed by atoms with van der Waals surface area (Å²) in [7, 11) is 2.15. The zero-order chi connectivity index (χ0) is 18.4. The summed E-state index contributed by atoms with van der Waals surface area (Å²) in [6, 6.07) is 28.5. The molecule has 5 rings (SSSR count). The number of para-hydroxylation sites is 1. The van der Waals surface area contributed by atoms with Gasteiger partial charge in [-0.05, 0) is 40.3 Å². The van der Waals surface area contributed by atoms with Gasteiger partial charge in [0, 0.05) is 29.6 Å². The largest absolute Gasteiger partial charge is 0.350 e. The molecule has 0 fully saturated rings. The maximum Gasteiger partial charge on any atom is 0.0480 e. The first-order chi connectivity index (χ1) is 13.2. The fourth-order valence-electron chi connectivity index (χ4n) is 4.77. The Morgan fingerprint density at radius 3 is 2.30 bits per heavy atom. The van der Waals surface area contributed by atoms with E-state index in [-0.39, 0.29) is 5.41 Å². The molecular weight excluding hydrogens is 326 g/mol. The molecular formula is C26H23N. The Hall–Kier alpha value is -3.06. The van der Waals surface area contributed by atoms with Crippen molar-refractivity contribution in [3.05, 3.63) is 113 Å². The number of rotatable bonds is 3. The smallest absolute Gasteiger partial charge is 0.0480 e. The number of allylic oxidation sites excluding steroid dienone is 1. The maximum absolute atomic E-state index is 2.51. The van der Waals surface area contributed by atoms with Crippen molar-refractivity contribution in [3.63, 3.8) is 0 Å². The summed E-state index contributed by atoms with van der Waals surface area (Å²) in [6.07, 6.45) is 5.87. The van der Waals surface area contributed by atoms with Crippen LogP contribution in [0.1, 0.15) is 35.6 Å². The first-order valence-corrected chi connectivity index (χ1v) is 9.67. The van der Waals surface area contributed by atoms with E-state index in [1.807, 2.05) is 0 Å². The Morgan fingerprint density at radius 2 is 1.48 bits per heavy atom. The molecule has 1 heteroatoms. The Kier molecular flexibility index (Phi) is 3.58. The van der Waals surface area contributed by atoms with Gasteiger partial charge in [0.15, 0.2) is 0 Å². The van der Waals surface area contributed by atoms with Crippen molar-refractivity contribution in [1.29, 1.82) is 0 Å². The predicted octanol–water partition coefficient (Wildman–Crippen LogP) is 6.32. The van der Waals surface area contributed by atoms with Gasteiger partial charge in [0.25, 0.3) is 0 Å². The Balaban J connectivity index is 1.84. The van der Waals surface area contributed by atoms with Crippen molar-refractivity contribution in [3.8, 4) is 0 Å². The van der Waals surface area contributed by atoms with Crippen LogP contribution in [-0.4, -0.2) is 4.57 Å². The minimum absolute atomic E-state index is 0.0946. The van der Waals surface area contributed by atoms with Crippen LogP contribution in [0, 0.1) is 0 Å². The highest BCUT2D eigenvalue weighted by Gasteiger charge is 2.40. The number of aryl methyl sites for hydroxylation is 1. The summed E-state index contributed by atoms with van der Waals surface area (Å²) < 4.78 is 2.26. The number of hydrogen-bond acceptors (Lipinski definition) is 0. The standard InChI is InChI=1S/C26H23N/c1-3-26(24-18-27(2)25-16-10-8-14-21(24)25)17-22(19-11-5-4-6-12-19)20-13-7-9-15-23(20)26/h4-18H,3H2,1-2H3. The third-order valence-electron chi connectivity index (χ3n) is 6.11. The highest BCUT2D eigenvalue weighted by molar-refractivity contribution is 5.92. The summed E-state index contributed by atoms with van der Waals surface area (Å²) in [5, 5.41) is 1.35. The fraction of sp³-hybridized carbons (Fsp3) is 0.154. The molecule has 1 nitrogen and oxygen atoms in total. The van der Waals surface area contributed by atoms with E-state index in [4.69, 9.17) is 0 Å². The second-order valence-electron chi connectivity index (χ2n) is 7.47. The lowest BCUT2D eigenvalue weighted by Crippen LogP contribution is -2.22. The number of benzene rings is 3. The van der Waals surface area contributed by atoms with Gasteiger partial charge < -0.3 is 4.57 Å². The Bertz CT molecular complexity index is 1160. The molecule has 0 spiro atoms. The molecule has 0 saturated heterocycles. The molecule has 27 heavy (non-hydrogen) atoms. The summed E-state index contributed by atoms with van der Waals surface area (Å²) in [5.74, 6) is 0. The van der Waals surface area contributed by atoms with Crippen LogP contribution in [0.3, 0.4) is 0 Å². The van der Waals surface area contributed by atoms with Gasteiger partial charge in [-0.1, -0.05) is 85.8 Å². The van der Waals surface area contributed by atoms with Crippen molar-refractivity contribution in [2.75, 3.05) is 0 Å². The molecule has 132 valence electrons. The van der Waals surface area contributed by atoms with Gasteiger partial charge in [-0.25, -0.2) is 0 Å². The van der Waals surface area contributed by atoms with E-state index in [0.29, 0.717) is 0 Å². The highest BCUT2D eigenvalue weighted by atomic mass is 14.9. The van der Waals surface area contributed by atoms with Gasteiger partial charge in [-0.2, -0.15) is 0 Å². The van der Waals surface area contributed by atoms with Crippen LogP contribution >= 0.6 is 0 Å². The van der Waals surface area contributed by atoms with Gasteiger partial charge >= 0.3 is 0 Å². The molecule has 1 atom stereocenters. The predicted molar refractivity (Wildman–Crippen MR) is 114 cm³/mol. The second kappa shape index (κ2) is 5.99. The minimum Gasteiger partial charge on any atom is -0.350 e. The van der Waals surface area contributed by atoms with E-state index >= 15 is 0 Å². The van der Waals surface area contributed by atoms with Crippen molar-refractivity contribution in [2.24, 2.45) is 7.05 Å². The summed E-state index contributed by atoms with van der Waals surface area (Å²) in [4.78, 5) is 0. The molecule has 1 aliphatic carbocycles. The monoisotopic (exact) mass is 349 g/mol. The number of hydrogen-bond donors (Lipinski definition) is 0. The molecule has 4 aromatic rings. The van der Waals surface area contributed by atoms with Crippen LogP contribution in [0.25, 0.3) is 16.5 Å². The zero-order valence-electron chi connectivity index (χ0n) is 15.8. The summed E-state index contributed by atoms with van der Waals surface area (Å²) >= 11 is 0. The van der Waals surface area contributed by atoms with E-state index in [1.54, 1.807) is 0 Å². The van der Waals surface area contributed by atoms with Gasteiger partial charge in [0.05, 0.1) is 0 Å². The molecule has 1 unspecified atom stereocenters. The molecule has 1 aliphatic rings. The van der Waals surface area contributed by atoms with E-state index in [0.717, 1.165) is 6.42 Å². The average molecular weight is 349 g/mol. The van der Waals surface area contributed by atoms with Crippen molar-refractivity contribution < 1.29 is 0 Å². The zero-order valence-corrected chi connectivity index (χ0v) is 15.8. The van der Waals surface area contributed by atoms with Crippen molar-refractivity contribution in [1.82, 2.24) is 4.57 Å². The van der Waals surface area contributed by atoms with Crippen LogP contribution in [0.4, 0.5) is 0 Å². The van der Waals surface area contributed by atoms with E-state index < -0.39 is 0 Å². The Labute approximate surface area is 160 Å². The maximum atomic E-state index is 2.51. The van der Waals surface area contributed by atoms with Gasteiger partial charge in [-0.15, -0.1) is 0 Å². The van der Waals surface area contributed by atoms with Crippen LogP contribution in [-0.2, 0) is 12.5 Å². The quantitative estimate of drug-likeness (QED) is 0.408. The molecule has 0 amide bonds. The number of nitrogens with zero attached hydrogens (tertiary/aromatic N) is 1. The van der Waals surface area contributed by atoms with E-state index in [9.17, 15) is 0 Å². The number of fused-ring (bicyclic) bond motifs is 2. The van der Waals surface area contributed by atoms with Crippen molar-refractivity contribution in [2.45, 2.75) is 18.8 Å². The first-order valence-electron chi connectivity index (χ1n) is 9.67. The molecule has 1 aromatic heterocycles. The lowest BCUT2D eigenvalue weighted by molar-refractivity contribution is 0.630. The topological polar surface area (TPSA) is 4.93 Å². The molecule has 3 aromatic carbocycles. The molecule has 0 aliphatic heterocycles. The third kappa shape index (κ3) is 2.24. The fourth-order valence-corrected chi connectivity index (χ4v) is 4.77. The molecule has 1 heterocycles. The lowest BCUT2D eigenvalue weighted by Gasteiger charge is -2.28. The minimum atomic E-state index is -0.0946. The van der Waals surface area contributed by atoms with Crippen LogP contribution in [0.5, 0.6) is 0 Å². The van der Waals surface area contributed by atoms with Gasteiger partial charge in [0.1, 0.15) is 0 Å². The lowest BCUT2D eigenvalue weighted by atomic mass is 9.74. The first kappa shape index (κ1) is 16.1. The average Bonchev–Trinajstić information content (AvgIpc) is 3.25. The SMILES string of the molecule is CCC1(c2cn(C)c3ccccc23)C=C(c2ccccc2)c2ccccc21. The summed E-state index contributed by atoms with van der Waals surface area (Å²) in [6.45, 7) is 2.31. The second-order valence-corrected chi connectivity index (χ2v) is 7.47. The molecule has 0 N–H and O–H groups in total. The Morgan fingerprint density at radius 1 is 0.778 bits per heavy atom. The normalized spacial score (nSPS) is 18.5. The molecule has 0 radical (unpaired) electrons. The van der Waals surface area contributed by atoms with Gasteiger partial charge in [0.2, 0.25) is 0 Å². The molecule has 0 bridgehead atoms.